The van der Waals surface area contributed by atoms with Crippen molar-refractivity contribution in [2.24, 2.45) is 5.92 Å². The van der Waals surface area contributed by atoms with Gasteiger partial charge in [-0.05, 0) is 36.6 Å². The lowest BCUT2D eigenvalue weighted by Crippen LogP contribution is -2.34. The third-order valence-electron chi connectivity index (χ3n) is 4.86. The Bertz CT molecular complexity index is 1030. The van der Waals surface area contributed by atoms with Gasteiger partial charge in [-0.25, -0.2) is 14.7 Å². The molecule has 2 aromatic heterocycles. The summed E-state index contributed by atoms with van der Waals surface area (Å²) in [6.07, 6.45) is 0.994. The van der Waals surface area contributed by atoms with Crippen LogP contribution in [0.2, 0.25) is 0 Å². The van der Waals surface area contributed by atoms with Crippen molar-refractivity contribution in [1.82, 2.24) is 14.7 Å². The van der Waals surface area contributed by atoms with Gasteiger partial charge < -0.3 is 10.6 Å². The predicted octanol–water partition coefficient (Wildman–Crippen LogP) is 2.32. The molecule has 3 N–H and O–H groups in total. The van der Waals surface area contributed by atoms with E-state index in [0.717, 1.165) is 25.2 Å². The Labute approximate surface area is 171 Å². The molecule has 0 aromatic carbocycles. The minimum atomic E-state index is -4.16. The number of nitrogens with two attached hydrogens (primary N) is 1. The molecule has 1 atom stereocenters. The number of carbonyl (C=O) groups excluding carboxylic acids is 1. The van der Waals surface area contributed by atoms with Gasteiger partial charge in [0.1, 0.15) is 11.6 Å². The predicted molar refractivity (Wildman–Crippen MR) is 112 cm³/mol. The fourth-order valence-corrected chi connectivity index (χ4v) is 4.16. The zero-order chi connectivity index (χ0) is 21.4. The lowest BCUT2D eigenvalue weighted by molar-refractivity contribution is 0.0981. The lowest BCUT2D eigenvalue weighted by atomic mass is 9.91. The Morgan fingerprint density at radius 3 is 2.52 bits per heavy atom. The summed E-state index contributed by atoms with van der Waals surface area (Å²) in [5.74, 6) is 0.307. The topological polar surface area (TPSA) is 118 Å². The van der Waals surface area contributed by atoms with E-state index in [0.29, 0.717) is 11.7 Å². The Kier molecular flexibility index (Phi) is 5.53. The second kappa shape index (κ2) is 7.62. The van der Waals surface area contributed by atoms with Gasteiger partial charge in [0.2, 0.25) is 0 Å². The number of hydrogen-bond acceptors (Lipinski definition) is 7. The quantitative estimate of drug-likeness (QED) is 0.783. The van der Waals surface area contributed by atoms with Gasteiger partial charge in [0.05, 0.1) is 5.56 Å². The molecule has 8 nitrogen and oxygen atoms in total. The van der Waals surface area contributed by atoms with Crippen LogP contribution in [0.25, 0.3) is 0 Å². The molecule has 0 spiro atoms. The summed E-state index contributed by atoms with van der Waals surface area (Å²) in [5, 5.41) is -0.304. The Balaban J connectivity index is 1.97. The molecule has 0 unspecified atom stereocenters. The molecule has 1 aliphatic rings. The minimum Gasteiger partial charge on any atom is -0.384 e. The number of carbonyl (C=O) groups is 1. The average Bonchev–Trinajstić information content (AvgIpc) is 3.06. The molecule has 1 amide bonds. The number of rotatable bonds is 4. The Morgan fingerprint density at radius 1 is 1.21 bits per heavy atom. The molecule has 1 aliphatic heterocycles. The van der Waals surface area contributed by atoms with Crippen molar-refractivity contribution in [3.63, 3.8) is 0 Å². The summed E-state index contributed by atoms with van der Waals surface area (Å²) >= 11 is 0. The Morgan fingerprint density at radius 2 is 1.93 bits per heavy atom. The van der Waals surface area contributed by atoms with Crippen LogP contribution in [-0.2, 0) is 15.4 Å². The van der Waals surface area contributed by atoms with Gasteiger partial charge in [-0.1, -0.05) is 33.8 Å². The molecule has 0 bridgehead atoms. The van der Waals surface area contributed by atoms with Crippen molar-refractivity contribution in [3.8, 4) is 0 Å². The molecule has 156 valence electrons. The molecule has 0 aliphatic carbocycles. The fraction of sp³-hybridized carbons (Fsp3) is 0.450. The zero-order valence-corrected chi connectivity index (χ0v) is 18.0. The van der Waals surface area contributed by atoms with E-state index in [-0.39, 0.29) is 21.8 Å². The van der Waals surface area contributed by atoms with Crippen LogP contribution in [0.1, 0.15) is 50.2 Å². The van der Waals surface area contributed by atoms with Crippen LogP contribution in [-0.4, -0.2) is 37.4 Å². The largest absolute Gasteiger partial charge is 0.384 e. The van der Waals surface area contributed by atoms with Gasteiger partial charge in [-0.3, -0.25) is 4.79 Å². The van der Waals surface area contributed by atoms with Gasteiger partial charge >= 0.3 is 0 Å². The third kappa shape index (κ3) is 4.67. The highest BCUT2D eigenvalue weighted by molar-refractivity contribution is 7.90. The normalized spacial score (nSPS) is 17.4. The summed E-state index contributed by atoms with van der Waals surface area (Å²) in [7, 11) is -4.16. The molecule has 3 rings (SSSR count). The Hall–Kier alpha value is -2.68. The van der Waals surface area contributed by atoms with Crippen molar-refractivity contribution in [2.45, 2.75) is 44.6 Å². The minimum absolute atomic E-state index is 0.0586. The maximum Gasteiger partial charge on any atom is 0.281 e. The molecule has 0 radical (unpaired) electrons. The highest BCUT2D eigenvalue weighted by Gasteiger charge is 2.29. The first-order valence-electron chi connectivity index (χ1n) is 9.53. The van der Waals surface area contributed by atoms with E-state index in [2.05, 4.69) is 16.6 Å². The van der Waals surface area contributed by atoms with Gasteiger partial charge in [0.15, 0.2) is 5.03 Å². The van der Waals surface area contributed by atoms with E-state index in [1.165, 1.54) is 18.2 Å². The molecule has 3 heterocycles. The number of pyridine rings is 2. The van der Waals surface area contributed by atoms with Crippen LogP contribution in [0.3, 0.4) is 0 Å². The van der Waals surface area contributed by atoms with Crippen LogP contribution in [0.15, 0.2) is 35.4 Å². The molecule has 0 saturated carbocycles. The number of nitrogen functional groups attached to an aromatic ring is 1. The van der Waals surface area contributed by atoms with E-state index >= 15 is 0 Å². The number of nitrogens with zero attached hydrogens (tertiary/aromatic N) is 3. The standard InChI is InChI=1S/C20H27N5O3S/c1-13-10-11-25(12-13)18-14(8-9-15(22-18)20(2,3)4)19(26)24-29(27,28)17-7-5-6-16(21)23-17/h5-9,13H,10-12H2,1-4H3,(H2,21,23)(H,24,26)/t13-/m0/s1. The molecule has 9 heteroatoms. The van der Waals surface area contributed by atoms with Gasteiger partial charge in [-0.2, -0.15) is 8.42 Å². The van der Waals surface area contributed by atoms with E-state index in [9.17, 15) is 13.2 Å². The first-order chi connectivity index (χ1) is 13.5. The number of nitrogens with one attached hydrogen (secondary N) is 1. The van der Waals surface area contributed by atoms with Crippen molar-refractivity contribution < 1.29 is 13.2 Å². The number of hydrogen-bond donors (Lipinski definition) is 2. The molecule has 2 aromatic rings. The maximum absolute atomic E-state index is 12.9. The van der Waals surface area contributed by atoms with Crippen LogP contribution < -0.4 is 15.4 Å². The van der Waals surface area contributed by atoms with E-state index in [1.54, 1.807) is 12.1 Å². The van der Waals surface area contributed by atoms with Crippen molar-refractivity contribution in [2.75, 3.05) is 23.7 Å². The van der Waals surface area contributed by atoms with Crippen LogP contribution in [0, 0.1) is 5.92 Å². The highest BCUT2D eigenvalue weighted by Crippen LogP contribution is 2.29. The average molecular weight is 418 g/mol. The number of sulfonamides is 1. The van der Waals surface area contributed by atoms with Crippen LogP contribution in [0.4, 0.5) is 11.6 Å². The molecule has 1 fully saturated rings. The first-order valence-corrected chi connectivity index (χ1v) is 11.0. The second-order valence-electron chi connectivity index (χ2n) is 8.49. The second-order valence-corrected chi connectivity index (χ2v) is 10.1. The fourth-order valence-electron chi connectivity index (χ4n) is 3.22. The van der Waals surface area contributed by atoms with Crippen LogP contribution in [0.5, 0.6) is 0 Å². The molecule has 1 saturated heterocycles. The van der Waals surface area contributed by atoms with Gasteiger partial charge in [0, 0.05) is 24.2 Å². The van der Waals surface area contributed by atoms with Crippen molar-refractivity contribution in [1.29, 1.82) is 0 Å². The SMILES string of the molecule is C[C@H]1CCN(c2nc(C(C)(C)C)ccc2C(=O)NS(=O)(=O)c2cccc(N)n2)C1. The van der Waals surface area contributed by atoms with E-state index < -0.39 is 15.9 Å². The third-order valence-corrected chi connectivity index (χ3v) is 6.09. The monoisotopic (exact) mass is 417 g/mol. The van der Waals surface area contributed by atoms with E-state index in [1.807, 2.05) is 25.7 Å². The number of amides is 1. The molecular weight excluding hydrogens is 390 g/mol. The summed E-state index contributed by atoms with van der Waals surface area (Å²) in [4.78, 5) is 23.5. The summed E-state index contributed by atoms with van der Waals surface area (Å²) < 4.78 is 27.3. The highest BCUT2D eigenvalue weighted by atomic mass is 32.2. The summed E-state index contributed by atoms with van der Waals surface area (Å²) in [5.41, 5.74) is 6.43. The lowest BCUT2D eigenvalue weighted by Gasteiger charge is -2.24. The first kappa shape index (κ1) is 21.0. The van der Waals surface area contributed by atoms with Gasteiger partial charge in [-0.15, -0.1) is 0 Å². The van der Waals surface area contributed by atoms with Gasteiger partial charge in [0.25, 0.3) is 15.9 Å². The van der Waals surface area contributed by atoms with E-state index in [4.69, 9.17) is 10.7 Å². The van der Waals surface area contributed by atoms with Crippen molar-refractivity contribution in [3.05, 3.63) is 41.6 Å². The number of aromatic nitrogens is 2. The zero-order valence-electron chi connectivity index (χ0n) is 17.1. The number of anilines is 2. The smallest absolute Gasteiger partial charge is 0.281 e. The maximum atomic E-state index is 12.9. The molecular formula is C20H27N5O3S. The summed E-state index contributed by atoms with van der Waals surface area (Å²) in [6.45, 7) is 9.81. The van der Waals surface area contributed by atoms with Crippen molar-refractivity contribution >= 4 is 27.6 Å². The molecule has 29 heavy (non-hydrogen) atoms. The van der Waals surface area contributed by atoms with Crippen LogP contribution >= 0.6 is 0 Å². The summed E-state index contributed by atoms with van der Waals surface area (Å²) in [6, 6.07) is 7.64.